The van der Waals surface area contributed by atoms with Gasteiger partial charge in [-0.3, -0.25) is 0 Å². The number of oxazole rings is 1. The highest BCUT2D eigenvalue weighted by Crippen LogP contribution is 2.29. The molecule has 2 rings (SSSR count). The van der Waals surface area contributed by atoms with Gasteiger partial charge < -0.3 is 10.2 Å². The fraction of sp³-hybridized carbons (Fsp3) is 0.100. The molecule has 0 unspecified atom stereocenters. The molecule has 5 heteroatoms. The fourth-order valence-corrected chi connectivity index (χ4v) is 1.68. The molecule has 2 N–H and O–H groups in total. The number of rotatable bonds is 2. The van der Waals surface area contributed by atoms with E-state index in [1.807, 2.05) is 0 Å². The Bertz CT molecular complexity index is 484. The predicted octanol–water partition coefficient (Wildman–Crippen LogP) is 2.70. The largest absolute Gasteiger partial charge is 0.443 e. The van der Waals surface area contributed by atoms with E-state index in [1.165, 1.54) is 6.39 Å². The molecule has 1 aromatic heterocycles. The lowest BCUT2D eigenvalue weighted by molar-refractivity contribution is 0.559. The van der Waals surface area contributed by atoms with Crippen molar-refractivity contribution in [2.24, 2.45) is 5.73 Å². The molecule has 0 atom stereocenters. The summed E-state index contributed by atoms with van der Waals surface area (Å²) in [5, 5.41) is 0. The molecule has 0 radical (unpaired) electrons. The minimum absolute atomic E-state index is 0.220. The van der Waals surface area contributed by atoms with Crippen LogP contribution in [-0.4, -0.2) is 4.98 Å². The number of aromatic nitrogens is 1. The Morgan fingerprint density at radius 2 is 2.27 bits per heavy atom. The van der Waals surface area contributed by atoms with Gasteiger partial charge in [-0.15, -0.1) is 0 Å². The Kier molecular flexibility index (Phi) is 2.83. The SMILES string of the molecule is NCc1ncoc1-c1cccc(Br)c1F. The maximum absolute atomic E-state index is 13.7. The molecule has 15 heavy (non-hydrogen) atoms. The third kappa shape index (κ3) is 1.80. The fourth-order valence-electron chi connectivity index (χ4n) is 1.31. The lowest BCUT2D eigenvalue weighted by Crippen LogP contribution is -1.99. The number of nitrogens with zero attached hydrogens (tertiary/aromatic N) is 1. The minimum atomic E-state index is -0.371. The highest BCUT2D eigenvalue weighted by atomic mass is 79.9. The van der Waals surface area contributed by atoms with Crippen molar-refractivity contribution in [3.05, 3.63) is 40.6 Å². The quantitative estimate of drug-likeness (QED) is 0.913. The molecule has 0 amide bonds. The van der Waals surface area contributed by atoms with Gasteiger partial charge in [0, 0.05) is 6.54 Å². The Morgan fingerprint density at radius 1 is 1.47 bits per heavy atom. The summed E-state index contributed by atoms with van der Waals surface area (Å²) >= 11 is 3.11. The Hall–Kier alpha value is -1.20. The van der Waals surface area contributed by atoms with E-state index in [0.29, 0.717) is 21.5 Å². The van der Waals surface area contributed by atoms with Crippen molar-refractivity contribution in [3.63, 3.8) is 0 Å². The van der Waals surface area contributed by atoms with E-state index >= 15 is 0 Å². The monoisotopic (exact) mass is 270 g/mol. The molecule has 0 spiro atoms. The molecule has 0 aliphatic heterocycles. The van der Waals surface area contributed by atoms with Crippen LogP contribution in [0.2, 0.25) is 0 Å². The molecule has 2 aromatic rings. The minimum Gasteiger partial charge on any atom is -0.443 e. The van der Waals surface area contributed by atoms with Crippen molar-refractivity contribution >= 4 is 15.9 Å². The van der Waals surface area contributed by atoms with Crippen LogP contribution < -0.4 is 5.73 Å². The van der Waals surface area contributed by atoms with Gasteiger partial charge in [-0.05, 0) is 28.1 Å². The summed E-state index contributed by atoms with van der Waals surface area (Å²) in [4.78, 5) is 3.91. The number of hydrogen-bond donors (Lipinski definition) is 1. The highest BCUT2D eigenvalue weighted by molar-refractivity contribution is 9.10. The van der Waals surface area contributed by atoms with Crippen molar-refractivity contribution in [1.82, 2.24) is 4.98 Å². The van der Waals surface area contributed by atoms with Gasteiger partial charge in [0.1, 0.15) is 11.5 Å². The van der Waals surface area contributed by atoms with E-state index in [4.69, 9.17) is 10.2 Å². The molecule has 0 aliphatic rings. The second kappa shape index (κ2) is 4.12. The molecular weight excluding hydrogens is 263 g/mol. The molecule has 0 aliphatic carbocycles. The summed E-state index contributed by atoms with van der Waals surface area (Å²) in [6.45, 7) is 0.220. The van der Waals surface area contributed by atoms with Gasteiger partial charge in [0.15, 0.2) is 12.2 Å². The summed E-state index contributed by atoms with van der Waals surface area (Å²) in [6.07, 6.45) is 1.26. The van der Waals surface area contributed by atoms with Gasteiger partial charge in [0.2, 0.25) is 0 Å². The van der Waals surface area contributed by atoms with Crippen molar-refractivity contribution in [3.8, 4) is 11.3 Å². The van der Waals surface area contributed by atoms with E-state index in [-0.39, 0.29) is 12.4 Å². The Balaban J connectivity index is 2.59. The van der Waals surface area contributed by atoms with Crippen LogP contribution in [-0.2, 0) is 6.54 Å². The normalized spacial score (nSPS) is 10.6. The van der Waals surface area contributed by atoms with E-state index in [9.17, 15) is 4.39 Å². The zero-order valence-corrected chi connectivity index (χ0v) is 9.29. The number of halogens is 2. The van der Waals surface area contributed by atoms with Crippen LogP contribution in [0.5, 0.6) is 0 Å². The molecule has 0 fully saturated rings. The van der Waals surface area contributed by atoms with Gasteiger partial charge in [-0.1, -0.05) is 6.07 Å². The summed E-state index contributed by atoms with van der Waals surface area (Å²) in [5.41, 5.74) is 6.38. The van der Waals surface area contributed by atoms with Gasteiger partial charge >= 0.3 is 0 Å². The Morgan fingerprint density at radius 3 is 3.00 bits per heavy atom. The maximum Gasteiger partial charge on any atom is 0.181 e. The molecule has 1 heterocycles. The highest BCUT2D eigenvalue weighted by Gasteiger charge is 2.15. The van der Waals surface area contributed by atoms with Gasteiger partial charge in [-0.25, -0.2) is 9.37 Å². The number of benzene rings is 1. The van der Waals surface area contributed by atoms with Crippen molar-refractivity contribution in [1.29, 1.82) is 0 Å². The van der Waals surface area contributed by atoms with Crippen LogP contribution in [0.4, 0.5) is 4.39 Å². The average Bonchev–Trinajstić information content (AvgIpc) is 2.70. The molecule has 0 bridgehead atoms. The first kappa shape index (κ1) is 10.3. The summed E-state index contributed by atoms with van der Waals surface area (Å²) in [7, 11) is 0. The van der Waals surface area contributed by atoms with Gasteiger partial charge in [0.25, 0.3) is 0 Å². The first-order chi connectivity index (χ1) is 7.24. The molecular formula is C10H8BrFN2O. The van der Waals surface area contributed by atoms with Crippen LogP contribution in [0.1, 0.15) is 5.69 Å². The smallest absolute Gasteiger partial charge is 0.181 e. The van der Waals surface area contributed by atoms with Crippen LogP contribution in [0.3, 0.4) is 0 Å². The van der Waals surface area contributed by atoms with Crippen molar-refractivity contribution in [2.75, 3.05) is 0 Å². The number of hydrogen-bond acceptors (Lipinski definition) is 3. The third-order valence-corrected chi connectivity index (χ3v) is 2.64. The van der Waals surface area contributed by atoms with Crippen molar-refractivity contribution in [2.45, 2.75) is 6.54 Å². The molecule has 3 nitrogen and oxygen atoms in total. The average molecular weight is 271 g/mol. The first-order valence-corrected chi connectivity index (χ1v) is 5.10. The zero-order valence-electron chi connectivity index (χ0n) is 7.71. The van der Waals surface area contributed by atoms with Crippen LogP contribution in [0, 0.1) is 5.82 Å². The molecule has 1 aromatic carbocycles. The standard InChI is InChI=1S/C10H8BrFN2O/c11-7-3-1-2-6(9(7)12)10-8(4-13)14-5-15-10/h1-3,5H,4,13H2. The lowest BCUT2D eigenvalue weighted by atomic mass is 10.1. The second-order valence-electron chi connectivity index (χ2n) is 2.93. The number of nitrogens with two attached hydrogens (primary N) is 1. The lowest BCUT2D eigenvalue weighted by Gasteiger charge is -2.02. The molecule has 0 saturated carbocycles. The third-order valence-electron chi connectivity index (χ3n) is 2.03. The molecule has 0 saturated heterocycles. The molecule has 78 valence electrons. The van der Waals surface area contributed by atoms with E-state index < -0.39 is 0 Å². The summed E-state index contributed by atoms with van der Waals surface area (Å²) in [6, 6.07) is 4.97. The summed E-state index contributed by atoms with van der Waals surface area (Å²) < 4.78 is 19.2. The summed E-state index contributed by atoms with van der Waals surface area (Å²) in [5.74, 6) is 0.0141. The zero-order chi connectivity index (χ0) is 10.8. The van der Waals surface area contributed by atoms with Gasteiger partial charge in [0.05, 0.1) is 10.0 Å². The van der Waals surface area contributed by atoms with E-state index in [2.05, 4.69) is 20.9 Å². The van der Waals surface area contributed by atoms with Crippen LogP contribution in [0.15, 0.2) is 33.5 Å². The van der Waals surface area contributed by atoms with E-state index in [0.717, 1.165) is 0 Å². The van der Waals surface area contributed by atoms with E-state index in [1.54, 1.807) is 18.2 Å². The first-order valence-electron chi connectivity index (χ1n) is 4.31. The topological polar surface area (TPSA) is 52.0 Å². The maximum atomic E-state index is 13.7. The van der Waals surface area contributed by atoms with Gasteiger partial charge in [-0.2, -0.15) is 0 Å². The van der Waals surface area contributed by atoms with Crippen LogP contribution in [0.25, 0.3) is 11.3 Å². The van der Waals surface area contributed by atoms with Crippen LogP contribution >= 0.6 is 15.9 Å². The Labute approximate surface area is 94.2 Å². The predicted molar refractivity (Wildman–Crippen MR) is 57.5 cm³/mol. The second-order valence-corrected chi connectivity index (χ2v) is 3.79. The van der Waals surface area contributed by atoms with Crippen molar-refractivity contribution < 1.29 is 8.81 Å².